The highest BCUT2D eigenvalue weighted by Crippen LogP contribution is 2.17. The van der Waals surface area contributed by atoms with E-state index in [-0.39, 0.29) is 0 Å². The second-order valence-corrected chi connectivity index (χ2v) is 5.58. The summed E-state index contributed by atoms with van der Waals surface area (Å²) in [5, 5.41) is 3.32. The van der Waals surface area contributed by atoms with Crippen LogP contribution in [0, 0.1) is 6.92 Å². The van der Waals surface area contributed by atoms with Gasteiger partial charge in [-0.25, -0.2) is 4.98 Å². The molecule has 1 N–H and O–H groups in total. The Morgan fingerprint density at radius 3 is 2.89 bits per heavy atom. The molecule has 19 heavy (non-hydrogen) atoms. The number of aromatic nitrogens is 2. The number of fused-ring (bicyclic) bond motifs is 1. The largest absolute Gasteiger partial charge is 0.331 e. The second kappa shape index (κ2) is 4.94. The van der Waals surface area contributed by atoms with Crippen molar-refractivity contribution in [1.29, 1.82) is 0 Å². The van der Waals surface area contributed by atoms with Crippen LogP contribution in [0.5, 0.6) is 0 Å². The highest BCUT2D eigenvalue weighted by Gasteiger charge is 2.20. The minimum Gasteiger partial charge on any atom is -0.331 e. The van der Waals surface area contributed by atoms with E-state index < -0.39 is 0 Å². The van der Waals surface area contributed by atoms with Crippen molar-refractivity contribution in [3.05, 3.63) is 29.6 Å². The van der Waals surface area contributed by atoms with Gasteiger partial charge in [0.2, 0.25) is 0 Å². The van der Waals surface area contributed by atoms with Gasteiger partial charge >= 0.3 is 0 Å². The Morgan fingerprint density at radius 1 is 1.42 bits per heavy atom. The van der Waals surface area contributed by atoms with E-state index in [2.05, 4.69) is 59.0 Å². The van der Waals surface area contributed by atoms with Crippen LogP contribution >= 0.6 is 0 Å². The van der Waals surface area contributed by atoms with E-state index in [0.717, 1.165) is 43.4 Å². The molecule has 1 aromatic heterocycles. The molecule has 2 aromatic rings. The lowest BCUT2D eigenvalue weighted by atomic mass is 10.1. The van der Waals surface area contributed by atoms with Crippen LogP contribution in [0.4, 0.5) is 0 Å². The fourth-order valence-electron chi connectivity index (χ4n) is 2.59. The zero-order valence-corrected chi connectivity index (χ0v) is 12.0. The maximum atomic E-state index is 4.60. The summed E-state index contributed by atoms with van der Waals surface area (Å²) in [6.45, 7) is 5.44. The highest BCUT2D eigenvalue weighted by molar-refractivity contribution is 5.76. The molecular weight excluding hydrogens is 236 g/mol. The number of nitrogens with one attached hydrogen (secondary N) is 1. The van der Waals surface area contributed by atoms with E-state index in [0.29, 0.717) is 0 Å². The average Bonchev–Trinajstić information content (AvgIpc) is 2.60. The van der Waals surface area contributed by atoms with Gasteiger partial charge in [-0.05, 0) is 38.1 Å². The Morgan fingerprint density at radius 2 is 2.21 bits per heavy atom. The molecule has 0 spiro atoms. The van der Waals surface area contributed by atoms with Crippen LogP contribution in [0.15, 0.2) is 18.2 Å². The molecule has 1 aliphatic rings. The number of hydrogen-bond acceptors (Lipinski definition) is 3. The molecule has 1 aliphatic heterocycles. The van der Waals surface area contributed by atoms with Gasteiger partial charge in [-0.1, -0.05) is 6.07 Å². The number of likely N-dealkylation sites (N-methyl/N-ethyl adjacent to an activating group) is 1. The summed E-state index contributed by atoms with van der Waals surface area (Å²) in [7, 11) is 4.29. The summed E-state index contributed by atoms with van der Waals surface area (Å²) in [4.78, 5) is 7.05. The fraction of sp³-hybridized carbons (Fsp3) is 0.533. The number of nitrogens with zero attached hydrogens (tertiary/aromatic N) is 3. The minimum atomic E-state index is 0.723. The number of imidazole rings is 1. The molecule has 0 atom stereocenters. The SMILES string of the molecule is Cc1nc2cc(CCN(C)C3CNC3)ccc2n1C. The molecule has 0 radical (unpaired) electrons. The van der Waals surface area contributed by atoms with Crippen molar-refractivity contribution in [3.63, 3.8) is 0 Å². The molecule has 1 saturated heterocycles. The Bertz CT molecular complexity index is 583. The second-order valence-electron chi connectivity index (χ2n) is 5.58. The molecule has 0 saturated carbocycles. The first-order valence-corrected chi connectivity index (χ1v) is 6.98. The lowest BCUT2D eigenvalue weighted by molar-refractivity contribution is 0.182. The van der Waals surface area contributed by atoms with Crippen molar-refractivity contribution in [2.75, 3.05) is 26.7 Å². The third-order valence-corrected chi connectivity index (χ3v) is 4.31. The zero-order valence-electron chi connectivity index (χ0n) is 12.0. The number of hydrogen-bond donors (Lipinski definition) is 1. The van der Waals surface area contributed by atoms with Gasteiger partial charge in [0.25, 0.3) is 0 Å². The normalized spacial score (nSPS) is 16.2. The van der Waals surface area contributed by atoms with E-state index >= 15 is 0 Å². The summed E-state index contributed by atoms with van der Waals surface area (Å²) < 4.78 is 2.14. The van der Waals surface area contributed by atoms with Gasteiger partial charge in [-0.2, -0.15) is 0 Å². The standard InChI is InChI=1S/C15H22N4/c1-11-17-14-8-12(4-5-15(14)19(11)3)6-7-18(2)13-9-16-10-13/h4-5,8,13,16H,6-7,9-10H2,1-3H3. The molecule has 4 heteroatoms. The number of rotatable bonds is 4. The number of aryl methyl sites for hydroxylation is 2. The maximum Gasteiger partial charge on any atom is 0.106 e. The van der Waals surface area contributed by atoms with Crippen molar-refractivity contribution in [1.82, 2.24) is 19.8 Å². The van der Waals surface area contributed by atoms with Crippen molar-refractivity contribution < 1.29 is 0 Å². The molecule has 4 nitrogen and oxygen atoms in total. The quantitative estimate of drug-likeness (QED) is 0.898. The molecule has 0 amide bonds. The van der Waals surface area contributed by atoms with E-state index in [1.165, 1.54) is 11.1 Å². The smallest absolute Gasteiger partial charge is 0.106 e. The molecule has 1 aromatic carbocycles. The summed E-state index contributed by atoms with van der Waals surface area (Å²) in [6, 6.07) is 7.38. The van der Waals surface area contributed by atoms with Crippen LogP contribution < -0.4 is 5.32 Å². The minimum absolute atomic E-state index is 0.723. The van der Waals surface area contributed by atoms with Gasteiger partial charge in [0, 0.05) is 32.7 Å². The average molecular weight is 258 g/mol. The number of benzene rings is 1. The predicted molar refractivity (Wildman–Crippen MR) is 78.4 cm³/mol. The lowest BCUT2D eigenvalue weighted by Crippen LogP contribution is -2.56. The summed E-state index contributed by atoms with van der Waals surface area (Å²) in [5.41, 5.74) is 3.72. The zero-order chi connectivity index (χ0) is 13.4. The van der Waals surface area contributed by atoms with E-state index in [4.69, 9.17) is 0 Å². The fourth-order valence-corrected chi connectivity index (χ4v) is 2.59. The molecule has 2 heterocycles. The van der Waals surface area contributed by atoms with Crippen LogP contribution in [0.1, 0.15) is 11.4 Å². The van der Waals surface area contributed by atoms with Gasteiger partial charge in [0.05, 0.1) is 11.0 Å². The van der Waals surface area contributed by atoms with Crippen LogP contribution in [0.2, 0.25) is 0 Å². The first-order chi connectivity index (χ1) is 9.15. The monoisotopic (exact) mass is 258 g/mol. The topological polar surface area (TPSA) is 33.1 Å². The van der Waals surface area contributed by atoms with Crippen LogP contribution in [-0.4, -0.2) is 47.2 Å². The van der Waals surface area contributed by atoms with Gasteiger partial charge < -0.3 is 14.8 Å². The van der Waals surface area contributed by atoms with Crippen molar-refractivity contribution in [2.24, 2.45) is 7.05 Å². The Hall–Kier alpha value is -1.39. The molecule has 102 valence electrons. The van der Waals surface area contributed by atoms with Crippen molar-refractivity contribution in [2.45, 2.75) is 19.4 Å². The third-order valence-electron chi connectivity index (χ3n) is 4.31. The van der Waals surface area contributed by atoms with E-state index in [1.807, 2.05) is 0 Å². The van der Waals surface area contributed by atoms with Gasteiger partial charge in [0.15, 0.2) is 0 Å². The lowest BCUT2D eigenvalue weighted by Gasteiger charge is -2.35. The van der Waals surface area contributed by atoms with Gasteiger partial charge in [-0.3, -0.25) is 0 Å². The van der Waals surface area contributed by atoms with Gasteiger partial charge in [-0.15, -0.1) is 0 Å². The summed E-state index contributed by atoms with van der Waals surface area (Å²) in [5.74, 6) is 1.07. The molecule has 0 aliphatic carbocycles. The van der Waals surface area contributed by atoms with Crippen LogP contribution in [-0.2, 0) is 13.5 Å². The predicted octanol–water partition coefficient (Wildman–Crippen LogP) is 1.33. The molecule has 0 unspecified atom stereocenters. The summed E-state index contributed by atoms with van der Waals surface area (Å²) >= 11 is 0. The van der Waals surface area contributed by atoms with E-state index in [1.54, 1.807) is 0 Å². The van der Waals surface area contributed by atoms with Crippen molar-refractivity contribution in [3.8, 4) is 0 Å². The summed E-state index contributed by atoms with van der Waals surface area (Å²) in [6.07, 6.45) is 1.10. The van der Waals surface area contributed by atoms with Crippen LogP contribution in [0.25, 0.3) is 11.0 Å². The molecule has 0 bridgehead atoms. The van der Waals surface area contributed by atoms with E-state index in [9.17, 15) is 0 Å². The Kier molecular flexibility index (Phi) is 3.29. The molecule has 3 rings (SSSR count). The first kappa shape index (κ1) is 12.6. The highest BCUT2D eigenvalue weighted by atomic mass is 15.2. The first-order valence-electron chi connectivity index (χ1n) is 6.98. The molecule has 1 fully saturated rings. The van der Waals surface area contributed by atoms with Crippen molar-refractivity contribution >= 4 is 11.0 Å². The third kappa shape index (κ3) is 2.38. The van der Waals surface area contributed by atoms with Crippen LogP contribution in [0.3, 0.4) is 0 Å². The Balaban J connectivity index is 1.70. The Labute approximate surface area is 114 Å². The molecular formula is C15H22N4. The van der Waals surface area contributed by atoms with Gasteiger partial charge in [0.1, 0.15) is 5.82 Å². The maximum absolute atomic E-state index is 4.60.